The zero-order valence-electron chi connectivity index (χ0n) is 11.7. The number of aromatic nitrogens is 3. The molecule has 0 aliphatic carbocycles. The van der Waals surface area contributed by atoms with Crippen LogP contribution in [0.2, 0.25) is 0 Å². The molecule has 5 nitrogen and oxygen atoms in total. The lowest BCUT2D eigenvalue weighted by Gasteiger charge is -2.09. The Morgan fingerprint density at radius 3 is 3.10 bits per heavy atom. The Morgan fingerprint density at radius 2 is 2.25 bits per heavy atom. The van der Waals surface area contributed by atoms with Crippen molar-refractivity contribution in [2.75, 3.05) is 0 Å². The first-order chi connectivity index (χ1) is 9.78. The highest BCUT2D eigenvalue weighted by molar-refractivity contribution is 5.75. The van der Waals surface area contributed by atoms with Crippen molar-refractivity contribution in [3.8, 4) is 0 Å². The van der Waals surface area contributed by atoms with E-state index in [1.165, 1.54) is 0 Å². The van der Waals surface area contributed by atoms with E-state index in [-0.39, 0.29) is 18.0 Å². The molecule has 3 rings (SSSR count). The minimum Gasteiger partial charge on any atom is -0.460 e. The van der Waals surface area contributed by atoms with E-state index in [0.717, 1.165) is 36.7 Å². The smallest absolute Gasteiger partial charge is 0.309 e. The van der Waals surface area contributed by atoms with E-state index < -0.39 is 0 Å². The van der Waals surface area contributed by atoms with Gasteiger partial charge in [-0.05, 0) is 25.0 Å². The average molecular weight is 273 g/mol. The number of benzene rings is 1. The number of esters is 1. The highest BCUT2D eigenvalue weighted by atomic mass is 16.6. The molecule has 0 spiro atoms. The van der Waals surface area contributed by atoms with Crippen molar-refractivity contribution in [3.05, 3.63) is 24.3 Å². The number of ether oxygens (including phenoxy) is 1. The predicted octanol–water partition coefficient (Wildman–Crippen LogP) is 2.55. The first-order valence-corrected chi connectivity index (χ1v) is 7.26. The molecule has 1 fully saturated rings. The van der Waals surface area contributed by atoms with Crippen LogP contribution in [0.1, 0.15) is 32.6 Å². The Morgan fingerprint density at radius 1 is 1.40 bits per heavy atom. The molecule has 1 saturated heterocycles. The molecule has 2 atom stereocenters. The number of cyclic esters (lactones) is 1. The van der Waals surface area contributed by atoms with Gasteiger partial charge in [-0.1, -0.05) is 37.1 Å². The van der Waals surface area contributed by atoms with Gasteiger partial charge in [-0.2, -0.15) is 0 Å². The van der Waals surface area contributed by atoms with Crippen molar-refractivity contribution in [2.24, 2.45) is 5.92 Å². The first kappa shape index (κ1) is 13.1. The summed E-state index contributed by atoms with van der Waals surface area (Å²) >= 11 is 0. The summed E-state index contributed by atoms with van der Waals surface area (Å²) < 4.78 is 7.29. The van der Waals surface area contributed by atoms with Crippen LogP contribution in [0.15, 0.2) is 24.3 Å². The second-order valence-corrected chi connectivity index (χ2v) is 5.39. The SMILES string of the molecule is CCCCC1CC(Cn2nnc3ccccc32)OC1=O. The number of para-hydroxylation sites is 1. The fraction of sp³-hybridized carbons (Fsp3) is 0.533. The molecule has 0 saturated carbocycles. The van der Waals surface area contributed by atoms with Crippen LogP contribution >= 0.6 is 0 Å². The number of rotatable bonds is 5. The van der Waals surface area contributed by atoms with Gasteiger partial charge in [-0.15, -0.1) is 5.10 Å². The Balaban J connectivity index is 1.68. The molecule has 2 unspecified atom stereocenters. The minimum atomic E-state index is -0.0746. The van der Waals surface area contributed by atoms with Crippen LogP contribution in [0.3, 0.4) is 0 Å². The topological polar surface area (TPSA) is 57.0 Å². The number of carbonyl (C=O) groups is 1. The van der Waals surface area contributed by atoms with E-state index in [2.05, 4.69) is 17.2 Å². The summed E-state index contributed by atoms with van der Waals surface area (Å²) in [7, 11) is 0. The van der Waals surface area contributed by atoms with Crippen LogP contribution in [0, 0.1) is 5.92 Å². The molecule has 1 aliphatic heterocycles. The Labute approximate surface area is 117 Å². The minimum absolute atomic E-state index is 0.0483. The van der Waals surface area contributed by atoms with E-state index in [1.807, 2.05) is 28.9 Å². The third-order valence-corrected chi connectivity index (χ3v) is 3.87. The molecule has 20 heavy (non-hydrogen) atoms. The Bertz CT molecular complexity index is 608. The van der Waals surface area contributed by atoms with Crippen LogP contribution in [-0.2, 0) is 16.1 Å². The van der Waals surface area contributed by atoms with Crippen LogP contribution in [0.25, 0.3) is 11.0 Å². The number of hydrogen-bond donors (Lipinski definition) is 0. The average Bonchev–Trinajstić information content (AvgIpc) is 3.01. The van der Waals surface area contributed by atoms with Gasteiger partial charge in [0.05, 0.1) is 18.0 Å². The van der Waals surface area contributed by atoms with E-state index in [1.54, 1.807) is 0 Å². The van der Waals surface area contributed by atoms with Gasteiger partial charge in [0.1, 0.15) is 11.6 Å². The van der Waals surface area contributed by atoms with Crippen LogP contribution in [0.4, 0.5) is 0 Å². The number of hydrogen-bond acceptors (Lipinski definition) is 4. The van der Waals surface area contributed by atoms with Crippen molar-refractivity contribution in [2.45, 2.75) is 45.3 Å². The maximum atomic E-state index is 11.8. The summed E-state index contributed by atoms with van der Waals surface area (Å²) in [6.07, 6.45) is 3.85. The molecule has 1 aliphatic rings. The quantitative estimate of drug-likeness (QED) is 0.786. The molecule has 1 aromatic heterocycles. The van der Waals surface area contributed by atoms with Crippen LogP contribution < -0.4 is 0 Å². The van der Waals surface area contributed by atoms with E-state index in [4.69, 9.17) is 4.74 Å². The fourth-order valence-corrected chi connectivity index (χ4v) is 2.77. The molecule has 2 aromatic rings. The molecular weight excluding hydrogens is 254 g/mol. The largest absolute Gasteiger partial charge is 0.460 e. The molecule has 106 valence electrons. The highest BCUT2D eigenvalue weighted by Crippen LogP contribution is 2.27. The van der Waals surface area contributed by atoms with Crippen molar-refractivity contribution < 1.29 is 9.53 Å². The van der Waals surface area contributed by atoms with Gasteiger partial charge >= 0.3 is 5.97 Å². The molecule has 0 N–H and O–H groups in total. The Kier molecular flexibility index (Phi) is 3.67. The summed E-state index contributed by atoms with van der Waals surface area (Å²) in [5, 5.41) is 8.27. The Hall–Kier alpha value is -1.91. The zero-order chi connectivity index (χ0) is 13.9. The molecule has 0 amide bonds. The fourth-order valence-electron chi connectivity index (χ4n) is 2.77. The molecule has 1 aromatic carbocycles. The summed E-state index contributed by atoms with van der Waals surface area (Å²) in [5.74, 6) is 0.0163. The summed E-state index contributed by atoms with van der Waals surface area (Å²) in [6.45, 7) is 2.73. The van der Waals surface area contributed by atoms with Gasteiger partial charge in [0, 0.05) is 0 Å². The van der Waals surface area contributed by atoms with Crippen LogP contribution in [0.5, 0.6) is 0 Å². The second-order valence-electron chi connectivity index (χ2n) is 5.39. The molecule has 0 bridgehead atoms. The lowest BCUT2D eigenvalue weighted by atomic mass is 9.98. The van der Waals surface area contributed by atoms with Crippen molar-refractivity contribution >= 4 is 17.0 Å². The number of nitrogens with zero attached hydrogens (tertiary/aromatic N) is 3. The first-order valence-electron chi connectivity index (χ1n) is 7.26. The van der Waals surface area contributed by atoms with E-state index in [0.29, 0.717) is 6.54 Å². The normalized spacial score (nSPS) is 22.4. The maximum Gasteiger partial charge on any atom is 0.309 e. The summed E-state index contributed by atoms with van der Waals surface area (Å²) in [4.78, 5) is 11.8. The highest BCUT2D eigenvalue weighted by Gasteiger charge is 2.34. The van der Waals surface area contributed by atoms with Gasteiger partial charge in [-0.3, -0.25) is 4.79 Å². The van der Waals surface area contributed by atoms with Crippen molar-refractivity contribution in [3.63, 3.8) is 0 Å². The third-order valence-electron chi connectivity index (χ3n) is 3.87. The number of unbranched alkanes of at least 4 members (excludes halogenated alkanes) is 1. The number of fused-ring (bicyclic) bond motifs is 1. The predicted molar refractivity (Wildman–Crippen MR) is 75.0 cm³/mol. The van der Waals surface area contributed by atoms with Gasteiger partial charge in [0.2, 0.25) is 0 Å². The van der Waals surface area contributed by atoms with Crippen molar-refractivity contribution in [1.29, 1.82) is 0 Å². The summed E-state index contributed by atoms with van der Waals surface area (Å²) in [5.41, 5.74) is 1.86. The van der Waals surface area contributed by atoms with Gasteiger partial charge in [-0.25, -0.2) is 4.68 Å². The van der Waals surface area contributed by atoms with E-state index in [9.17, 15) is 4.79 Å². The van der Waals surface area contributed by atoms with E-state index >= 15 is 0 Å². The molecule has 5 heteroatoms. The second kappa shape index (κ2) is 5.61. The zero-order valence-corrected chi connectivity index (χ0v) is 11.7. The van der Waals surface area contributed by atoms with Gasteiger partial charge in [0.15, 0.2) is 0 Å². The monoisotopic (exact) mass is 273 g/mol. The lowest BCUT2D eigenvalue weighted by molar-refractivity contribution is -0.144. The molecule has 2 heterocycles. The molecular formula is C15H19N3O2. The molecule has 0 radical (unpaired) electrons. The third kappa shape index (κ3) is 2.53. The standard InChI is InChI=1S/C15H19N3O2/c1-2-3-6-11-9-12(20-15(11)19)10-18-14-8-5-4-7-13(14)16-17-18/h4-5,7-8,11-12H,2-3,6,9-10H2,1H3. The summed E-state index contributed by atoms with van der Waals surface area (Å²) in [6, 6.07) is 7.83. The number of carbonyl (C=O) groups excluding carboxylic acids is 1. The van der Waals surface area contributed by atoms with Gasteiger partial charge in [0.25, 0.3) is 0 Å². The van der Waals surface area contributed by atoms with Gasteiger partial charge < -0.3 is 4.74 Å². The van der Waals surface area contributed by atoms with Crippen molar-refractivity contribution in [1.82, 2.24) is 15.0 Å². The maximum absolute atomic E-state index is 11.8. The lowest BCUT2D eigenvalue weighted by Crippen LogP contribution is -2.16. The van der Waals surface area contributed by atoms with Crippen LogP contribution in [-0.4, -0.2) is 27.1 Å².